The number of ether oxygens (including phenoxy) is 1. The van der Waals surface area contributed by atoms with Crippen LogP contribution in [0.3, 0.4) is 0 Å². The van der Waals surface area contributed by atoms with Gasteiger partial charge in [0, 0.05) is 38.7 Å². The van der Waals surface area contributed by atoms with Crippen LogP contribution in [0.25, 0.3) is 0 Å². The zero-order valence-electron chi connectivity index (χ0n) is 11.5. The van der Waals surface area contributed by atoms with Crippen molar-refractivity contribution in [3.63, 3.8) is 0 Å². The number of benzene rings is 1. The lowest BCUT2D eigenvalue weighted by Crippen LogP contribution is -2.43. The van der Waals surface area contributed by atoms with Crippen molar-refractivity contribution in [2.45, 2.75) is 13.3 Å². The molecule has 0 bridgehead atoms. The summed E-state index contributed by atoms with van der Waals surface area (Å²) in [6, 6.07) is 10.8. The van der Waals surface area contributed by atoms with Crippen molar-refractivity contribution in [3.05, 3.63) is 30.3 Å². The van der Waals surface area contributed by atoms with Crippen LogP contribution in [-0.2, 0) is 9.53 Å². The molecule has 1 aromatic rings. The Morgan fingerprint density at radius 3 is 2.84 bits per heavy atom. The Hall–Kier alpha value is -1.39. The van der Waals surface area contributed by atoms with Gasteiger partial charge in [-0.1, -0.05) is 25.1 Å². The number of anilines is 1. The van der Waals surface area contributed by atoms with Crippen LogP contribution in [0, 0.1) is 6.07 Å². The Morgan fingerprint density at radius 1 is 1.42 bits per heavy atom. The molecule has 2 rings (SSSR count). The molecular formula is C15H21N2O2. The number of hydrogen-bond donors (Lipinski definition) is 0. The minimum atomic E-state index is 0.149. The summed E-state index contributed by atoms with van der Waals surface area (Å²) in [5.74, 6) is 0.149. The van der Waals surface area contributed by atoms with Gasteiger partial charge in [0.05, 0.1) is 18.9 Å². The lowest BCUT2D eigenvalue weighted by atomic mass is 10.2. The highest BCUT2D eigenvalue weighted by Crippen LogP contribution is 2.13. The largest absolute Gasteiger partial charge is 0.379 e. The Morgan fingerprint density at radius 2 is 2.21 bits per heavy atom. The lowest BCUT2D eigenvalue weighted by molar-refractivity contribution is -0.118. The third-order valence-corrected chi connectivity index (χ3v) is 3.33. The molecule has 19 heavy (non-hydrogen) atoms. The number of amides is 1. The van der Waals surface area contributed by atoms with Gasteiger partial charge in [0.15, 0.2) is 0 Å². The van der Waals surface area contributed by atoms with Crippen molar-refractivity contribution in [2.24, 2.45) is 0 Å². The Balaban J connectivity index is 1.96. The van der Waals surface area contributed by atoms with E-state index >= 15 is 0 Å². The standard InChI is InChI=1S/C15H21N2O2/c1-2-15(18)17(14-6-4-3-5-7-14)9-8-16-10-12-19-13-11-16/h3-6H,2,8-13H2,1H3. The summed E-state index contributed by atoms with van der Waals surface area (Å²) in [4.78, 5) is 16.2. The summed E-state index contributed by atoms with van der Waals surface area (Å²) in [6.45, 7) is 6.98. The van der Waals surface area contributed by atoms with E-state index in [0.717, 1.165) is 38.5 Å². The van der Waals surface area contributed by atoms with Gasteiger partial charge in [-0.15, -0.1) is 0 Å². The molecule has 1 saturated heterocycles. The molecule has 0 spiro atoms. The molecular weight excluding hydrogens is 240 g/mol. The molecule has 4 heteroatoms. The molecule has 1 heterocycles. The number of rotatable bonds is 5. The summed E-state index contributed by atoms with van der Waals surface area (Å²) >= 11 is 0. The van der Waals surface area contributed by atoms with E-state index in [-0.39, 0.29) is 5.91 Å². The van der Waals surface area contributed by atoms with Gasteiger partial charge in [-0.2, -0.15) is 0 Å². The molecule has 0 aliphatic carbocycles. The molecule has 1 radical (unpaired) electrons. The van der Waals surface area contributed by atoms with Crippen molar-refractivity contribution in [3.8, 4) is 0 Å². The lowest BCUT2D eigenvalue weighted by Gasteiger charge is -2.30. The van der Waals surface area contributed by atoms with Crippen LogP contribution in [0.1, 0.15) is 13.3 Å². The predicted molar refractivity (Wildman–Crippen MR) is 75.2 cm³/mol. The second-order valence-electron chi connectivity index (χ2n) is 4.60. The number of para-hydroxylation sites is 1. The molecule has 4 nitrogen and oxygen atoms in total. The molecule has 0 N–H and O–H groups in total. The zero-order valence-corrected chi connectivity index (χ0v) is 11.5. The molecule has 1 aliphatic rings. The van der Waals surface area contributed by atoms with Crippen molar-refractivity contribution in [2.75, 3.05) is 44.3 Å². The van der Waals surface area contributed by atoms with Gasteiger partial charge in [-0.25, -0.2) is 0 Å². The van der Waals surface area contributed by atoms with Crippen LogP contribution in [0.4, 0.5) is 5.69 Å². The van der Waals surface area contributed by atoms with Gasteiger partial charge in [0.2, 0.25) is 5.91 Å². The normalized spacial score (nSPS) is 16.3. The fourth-order valence-electron chi connectivity index (χ4n) is 2.19. The second kappa shape index (κ2) is 7.26. The summed E-state index contributed by atoms with van der Waals surface area (Å²) < 4.78 is 5.33. The monoisotopic (exact) mass is 261 g/mol. The summed E-state index contributed by atoms with van der Waals surface area (Å²) in [6.07, 6.45) is 0.520. The summed E-state index contributed by atoms with van der Waals surface area (Å²) in [7, 11) is 0. The van der Waals surface area contributed by atoms with Gasteiger partial charge in [0.1, 0.15) is 0 Å². The van der Waals surface area contributed by atoms with E-state index in [0.29, 0.717) is 13.0 Å². The number of hydrogen-bond acceptors (Lipinski definition) is 3. The second-order valence-corrected chi connectivity index (χ2v) is 4.60. The highest BCUT2D eigenvalue weighted by molar-refractivity contribution is 5.92. The molecule has 1 fully saturated rings. The minimum absolute atomic E-state index is 0.149. The van der Waals surface area contributed by atoms with Crippen LogP contribution in [0.15, 0.2) is 24.3 Å². The maximum absolute atomic E-state index is 12.0. The summed E-state index contributed by atoms with van der Waals surface area (Å²) in [5.41, 5.74) is 0.864. The van der Waals surface area contributed by atoms with Gasteiger partial charge in [-0.3, -0.25) is 9.69 Å². The first kappa shape index (κ1) is 14.0. The first-order valence-corrected chi connectivity index (χ1v) is 6.88. The van der Waals surface area contributed by atoms with Gasteiger partial charge < -0.3 is 9.64 Å². The van der Waals surface area contributed by atoms with Crippen LogP contribution >= 0.6 is 0 Å². The first-order chi connectivity index (χ1) is 9.31. The third-order valence-electron chi connectivity index (χ3n) is 3.33. The van der Waals surface area contributed by atoms with E-state index in [4.69, 9.17) is 4.74 Å². The van der Waals surface area contributed by atoms with E-state index in [9.17, 15) is 4.79 Å². The van der Waals surface area contributed by atoms with E-state index in [1.807, 2.05) is 36.1 Å². The van der Waals surface area contributed by atoms with Crippen molar-refractivity contribution in [1.29, 1.82) is 0 Å². The number of morpholine rings is 1. The predicted octanol–water partition coefficient (Wildman–Crippen LogP) is 1.56. The first-order valence-electron chi connectivity index (χ1n) is 6.88. The van der Waals surface area contributed by atoms with Crippen molar-refractivity contribution >= 4 is 11.6 Å². The molecule has 0 unspecified atom stereocenters. The summed E-state index contributed by atoms with van der Waals surface area (Å²) in [5, 5.41) is 0. The Kier molecular flexibility index (Phi) is 5.36. The molecule has 0 saturated carbocycles. The maximum atomic E-state index is 12.0. The van der Waals surface area contributed by atoms with Gasteiger partial charge in [-0.05, 0) is 6.07 Å². The van der Waals surface area contributed by atoms with E-state index in [2.05, 4.69) is 11.0 Å². The average Bonchev–Trinajstić information content (AvgIpc) is 2.49. The number of nitrogens with zero attached hydrogens (tertiary/aromatic N) is 2. The molecule has 103 valence electrons. The van der Waals surface area contributed by atoms with Crippen molar-refractivity contribution in [1.82, 2.24) is 4.90 Å². The minimum Gasteiger partial charge on any atom is -0.379 e. The maximum Gasteiger partial charge on any atom is 0.226 e. The van der Waals surface area contributed by atoms with E-state index in [1.165, 1.54) is 0 Å². The van der Waals surface area contributed by atoms with Crippen molar-refractivity contribution < 1.29 is 9.53 Å². The molecule has 1 aromatic carbocycles. The molecule has 0 aromatic heterocycles. The Labute approximate surface area is 115 Å². The van der Waals surface area contributed by atoms with Crippen LogP contribution in [0.5, 0.6) is 0 Å². The van der Waals surface area contributed by atoms with E-state index in [1.54, 1.807) is 0 Å². The zero-order chi connectivity index (χ0) is 13.5. The molecule has 1 aliphatic heterocycles. The van der Waals surface area contributed by atoms with Crippen LogP contribution in [0.2, 0.25) is 0 Å². The highest BCUT2D eigenvalue weighted by atomic mass is 16.5. The number of carbonyl (C=O) groups excluding carboxylic acids is 1. The fraction of sp³-hybridized carbons (Fsp3) is 0.533. The fourth-order valence-corrected chi connectivity index (χ4v) is 2.19. The smallest absolute Gasteiger partial charge is 0.226 e. The quantitative estimate of drug-likeness (QED) is 0.806. The van der Waals surface area contributed by atoms with E-state index < -0.39 is 0 Å². The van der Waals surface area contributed by atoms with Gasteiger partial charge >= 0.3 is 0 Å². The SMILES string of the molecule is CCC(=O)N(CCN1CCOCC1)c1[c]cccc1. The third kappa shape index (κ3) is 4.04. The molecule has 1 amide bonds. The topological polar surface area (TPSA) is 32.8 Å². The molecule has 0 atom stereocenters. The number of carbonyl (C=O) groups is 1. The highest BCUT2D eigenvalue weighted by Gasteiger charge is 2.16. The van der Waals surface area contributed by atoms with Gasteiger partial charge in [0.25, 0.3) is 0 Å². The van der Waals surface area contributed by atoms with Crippen LogP contribution in [-0.4, -0.2) is 50.2 Å². The van der Waals surface area contributed by atoms with Crippen LogP contribution < -0.4 is 4.90 Å². The Bertz CT molecular complexity index is 388. The average molecular weight is 261 g/mol.